The van der Waals surface area contributed by atoms with E-state index in [1.54, 1.807) is 11.1 Å². The average molecular weight is 341 g/mol. The first-order chi connectivity index (χ1) is 12.1. The number of hydrogen-bond donors (Lipinski definition) is 1. The number of nitrogens with zero attached hydrogens (tertiary/aromatic N) is 2. The SMILES string of the molecule is O=C(Cc1ccc2cn[nH]c2c1)N(Cc1c(F)cccc1F)C1CC1. The maximum absolute atomic E-state index is 13.9. The molecule has 0 aliphatic heterocycles. The highest BCUT2D eigenvalue weighted by molar-refractivity contribution is 5.83. The molecule has 1 fully saturated rings. The van der Waals surface area contributed by atoms with Crippen molar-refractivity contribution in [2.45, 2.75) is 31.8 Å². The number of nitrogens with one attached hydrogen (secondary N) is 1. The van der Waals surface area contributed by atoms with Gasteiger partial charge < -0.3 is 4.90 Å². The molecule has 0 saturated heterocycles. The molecule has 0 bridgehead atoms. The van der Waals surface area contributed by atoms with Crippen LogP contribution in [0.25, 0.3) is 10.9 Å². The summed E-state index contributed by atoms with van der Waals surface area (Å²) < 4.78 is 27.9. The van der Waals surface area contributed by atoms with E-state index < -0.39 is 11.6 Å². The normalized spacial score (nSPS) is 14.0. The van der Waals surface area contributed by atoms with Crippen molar-refractivity contribution in [3.63, 3.8) is 0 Å². The first-order valence-electron chi connectivity index (χ1n) is 8.26. The summed E-state index contributed by atoms with van der Waals surface area (Å²) in [6.45, 7) is -0.0334. The first kappa shape index (κ1) is 15.7. The van der Waals surface area contributed by atoms with Crippen molar-refractivity contribution >= 4 is 16.8 Å². The van der Waals surface area contributed by atoms with Gasteiger partial charge in [0.25, 0.3) is 0 Å². The standard InChI is InChI=1S/C19H17F2N3O/c20-16-2-1-3-17(21)15(16)11-24(14-6-7-14)19(25)9-12-4-5-13-10-22-23-18(13)8-12/h1-5,8,10,14H,6-7,9,11H2,(H,22,23). The average Bonchev–Trinajstić information content (AvgIpc) is 3.31. The molecule has 0 spiro atoms. The zero-order valence-corrected chi connectivity index (χ0v) is 13.5. The fourth-order valence-electron chi connectivity index (χ4n) is 3.03. The highest BCUT2D eigenvalue weighted by Gasteiger charge is 2.33. The van der Waals surface area contributed by atoms with Gasteiger partial charge in [-0.2, -0.15) is 5.10 Å². The van der Waals surface area contributed by atoms with E-state index in [9.17, 15) is 13.6 Å². The second-order valence-electron chi connectivity index (χ2n) is 6.42. The molecule has 4 nitrogen and oxygen atoms in total. The Morgan fingerprint density at radius 2 is 1.96 bits per heavy atom. The number of hydrogen-bond acceptors (Lipinski definition) is 2. The minimum absolute atomic E-state index is 0.0334. The lowest BCUT2D eigenvalue weighted by Gasteiger charge is -2.23. The molecular weight excluding hydrogens is 324 g/mol. The van der Waals surface area contributed by atoms with Crippen molar-refractivity contribution in [2.24, 2.45) is 0 Å². The van der Waals surface area contributed by atoms with E-state index in [2.05, 4.69) is 10.2 Å². The number of carbonyl (C=O) groups is 1. The van der Waals surface area contributed by atoms with Crippen molar-refractivity contribution < 1.29 is 13.6 Å². The Morgan fingerprint density at radius 1 is 1.20 bits per heavy atom. The summed E-state index contributed by atoms with van der Waals surface area (Å²) in [6, 6.07) is 9.51. The quantitative estimate of drug-likeness (QED) is 0.771. The molecule has 4 rings (SSSR count). The van der Waals surface area contributed by atoms with Crippen LogP contribution in [0.4, 0.5) is 8.78 Å². The van der Waals surface area contributed by atoms with Gasteiger partial charge in [-0.1, -0.05) is 18.2 Å². The fourth-order valence-corrected chi connectivity index (χ4v) is 3.03. The summed E-state index contributed by atoms with van der Waals surface area (Å²) in [4.78, 5) is 14.3. The van der Waals surface area contributed by atoms with Crippen molar-refractivity contribution in [3.05, 3.63) is 65.4 Å². The topological polar surface area (TPSA) is 49.0 Å². The number of fused-ring (bicyclic) bond motifs is 1. The second kappa shape index (κ2) is 6.27. The van der Waals surface area contributed by atoms with E-state index in [1.165, 1.54) is 18.2 Å². The van der Waals surface area contributed by atoms with Crippen LogP contribution in [0, 0.1) is 11.6 Å². The molecule has 128 valence electrons. The molecule has 1 aromatic heterocycles. The highest BCUT2D eigenvalue weighted by atomic mass is 19.1. The molecule has 0 radical (unpaired) electrons. The Hall–Kier alpha value is -2.76. The van der Waals surface area contributed by atoms with Crippen LogP contribution in [-0.2, 0) is 17.8 Å². The smallest absolute Gasteiger partial charge is 0.227 e. The number of amides is 1. The Kier molecular flexibility index (Phi) is 3.95. The van der Waals surface area contributed by atoms with E-state index >= 15 is 0 Å². The van der Waals surface area contributed by atoms with E-state index in [0.717, 1.165) is 29.3 Å². The molecular formula is C19H17F2N3O. The summed E-state index contributed by atoms with van der Waals surface area (Å²) in [5, 5.41) is 7.82. The van der Waals surface area contributed by atoms with E-state index in [0.29, 0.717) is 0 Å². The van der Waals surface area contributed by atoms with E-state index in [1.807, 2.05) is 18.2 Å². The monoisotopic (exact) mass is 341 g/mol. The molecule has 1 amide bonds. The third-order valence-corrected chi connectivity index (χ3v) is 4.56. The van der Waals surface area contributed by atoms with Gasteiger partial charge in [0.05, 0.1) is 24.7 Å². The van der Waals surface area contributed by atoms with Gasteiger partial charge in [0.15, 0.2) is 0 Å². The van der Waals surface area contributed by atoms with E-state index in [4.69, 9.17) is 0 Å². The van der Waals surface area contributed by atoms with Crippen LogP contribution in [0.3, 0.4) is 0 Å². The number of H-pyrrole nitrogens is 1. The van der Waals surface area contributed by atoms with Gasteiger partial charge in [0, 0.05) is 17.0 Å². The van der Waals surface area contributed by atoms with Gasteiger partial charge in [0.1, 0.15) is 11.6 Å². The van der Waals surface area contributed by atoms with Crippen LogP contribution in [0.2, 0.25) is 0 Å². The summed E-state index contributed by atoms with van der Waals surface area (Å²) in [5.74, 6) is -1.35. The number of halogens is 2. The molecule has 3 aromatic rings. The predicted octanol–water partition coefficient (Wildman–Crippen LogP) is 3.57. The van der Waals surface area contributed by atoms with Crippen molar-refractivity contribution in [3.8, 4) is 0 Å². The highest BCUT2D eigenvalue weighted by Crippen LogP contribution is 2.30. The molecule has 0 unspecified atom stereocenters. The van der Waals surface area contributed by atoms with Gasteiger partial charge in [-0.3, -0.25) is 9.89 Å². The molecule has 2 aromatic carbocycles. The number of rotatable bonds is 5. The molecule has 1 aliphatic rings. The molecule has 25 heavy (non-hydrogen) atoms. The number of aromatic amines is 1. The molecule has 0 atom stereocenters. The first-order valence-corrected chi connectivity index (χ1v) is 8.26. The van der Waals surface area contributed by atoms with Crippen molar-refractivity contribution in [1.29, 1.82) is 0 Å². The third kappa shape index (κ3) is 3.24. The summed E-state index contributed by atoms with van der Waals surface area (Å²) in [7, 11) is 0. The lowest BCUT2D eigenvalue weighted by atomic mass is 10.1. The molecule has 1 saturated carbocycles. The lowest BCUT2D eigenvalue weighted by Crippen LogP contribution is -2.34. The van der Waals surface area contributed by atoms with Crippen molar-refractivity contribution in [1.82, 2.24) is 15.1 Å². The van der Waals surface area contributed by atoms with Crippen LogP contribution in [-0.4, -0.2) is 27.0 Å². The van der Waals surface area contributed by atoms with Crippen LogP contribution >= 0.6 is 0 Å². The van der Waals surface area contributed by atoms with Gasteiger partial charge in [-0.25, -0.2) is 8.78 Å². The predicted molar refractivity (Wildman–Crippen MR) is 89.7 cm³/mol. The van der Waals surface area contributed by atoms with Gasteiger partial charge in [0.2, 0.25) is 5.91 Å². The lowest BCUT2D eigenvalue weighted by molar-refractivity contribution is -0.131. The Balaban J connectivity index is 1.55. The van der Waals surface area contributed by atoms with Crippen LogP contribution in [0.15, 0.2) is 42.6 Å². The van der Waals surface area contributed by atoms with Crippen molar-refractivity contribution in [2.75, 3.05) is 0 Å². The Bertz CT molecular complexity index is 913. The summed E-state index contributed by atoms with van der Waals surface area (Å²) >= 11 is 0. The second-order valence-corrected chi connectivity index (χ2v) is 6.42. The summed E-state index contributed by atoms with van der Waals surface area (Å²) in [5.41, 5.74) is 1.66. The van der Waals surface area contributed by atoms with Gasteiger partial charge >= 0.3 is 0 Å². The molecule has 1 heterocycles. The van der Waals surface area contributed by atoms with Crippen LogP contribution < -0.4 is 0 Å². The van der Waals surface area contributed by atoms with Crippen LogP contribution in [0.5, 0.6) is 0 Å². The summed E-state index contributed by atoms with van der Waals surface area (Å²) in [6.07, 6.45) is 3.67. The third-order valence-electron chi connectivity index (χ3n) is 4.56. The Labute approximate surface area is 143 Å². The minimum atomic E-state index is -0.614. The zero-order valence-electron chi connectivity index (χ0n) is 13.5. The van der Waals surface area contributed by atoms with Gasteiger partial charge in [-0.15, -0.1) is 0 Å². The van der Waals surface area contributed by atoms with Gasteiger partial charge in [-0.05, 0) is 36.6 Å². The van der Waals surface area contributed by atoms with Crippen LogP contribution in [0.1, 0.15) is 24.0 Å². The number of carbonyl (C=O) groups excluding carboxylic acids is 1. The Morgan fingerprint density at radius 3 is 2.68 bits per heavy atom. The zero-order chi connectivity index (χ0) is 17.4. The number of benzene rings is 2. The molecule has 6 heteroatoms. The number of aromatic nitrogens is 2. The fraction of sp³-hybridized carbons (Fsp3) is 0.263. The minimum Gasteiger partial charge on any atom is -0.335 e. The molecule has 1 aliphatic carbocycles. The maximum atomic E-state index is 13.9. The molecule has 1 N–H and O–H groups in total. The van der Waals surface area contributed by atoms with E-state index in [-0.39, 0.29) is 30.5 Å². The maximum Gasteiger partial charge on any atom is 0.227 e. The largest absolute Gasteiger partial charge is 0.335 e.